The van der Waals surface area contributed by atoms with E-state index in [0.29, 0.717) is 0 Å². The molecular formula is C24H25N3O7S2. The number of carbonyl (C=O) groups is 2. The van der Waals surface area contributed by atoms with Crippen LogP contribution in [0.3, 0.4) is 0 Å². The predicted octanol–water partition coefficient (Wildman–Crippen LogP) is 1.44. The number of fused-ring (bicyclic) bond motifs is 1. The average Bonchev–Trinajstić information content (AvgIpc) is 2.91. The Morgan fingerprint density at radius 3 is 2.22 bits per heavy atom. The van der Waals surface area contributed by atoms with Crippen molar-refractivity contribution in [2.24, 2.45) is 0 Å². The molecule has 1 fully saturated rings. The lowest BCUT2D eigenvalue weighted by molar-refractivity contribution is -0.135. The van der Waals surface area contributed by atoms with E-state index in [2.05, 4.69) is 4.72 Å². The van der Waals surface area contributed by atoms with Crippen molar-refractivity contribution in [1.82, 2.24) is 13.9 Å². The second-order valence-electron chi connectivity index (χ2n) is 8.11. The van der Waals surface area contributed by atoms with Gasteiger partial charge in [0.2, 0.25) is 20.0 Å². The van der Waals surface area contributed by atoms with E-state index >= 15 is 0 Å². The van der Waals surface area contributed by atoms with E-state index in [-0.39, 0.29) is 41.5 Å². The molecule has 1 saturated heterocycles. The Morgan fingerprint density at radius 1 is 0.833 bits per heavy atom. The lowest BCUT2D eigenvalue weighted by Crippen LogP contribution is -2.51. The first-order valence-electron chi connectivity index (χ1n) is 11.1. The molecule has 36 heavy (non-hydrogen) atoms. The van der Waals surface area contributed by atoms with E-state index in [1.807, 2.05) is 24.3 Å². The van der Waals surface area contributed by atoms with Crippen LogP contribution in [0, 0.1) is 0 Å². The second-order valence-corrected chi connectivity index (χ2v) is 11.9. The van der Waals surface area contributed by atoms with Crippen LogP contribution in [0.4, 0.5) is 0 Å². The fourth-order valence-electron chi connectivity index (χ4n) is 3.86. The van der Waals surface area contributed by atoms with Crippen molar-refractivity contribution in [2.75, 3.05) is 39.8 Å². The zero-order chi connectivity index (χ0) is 25.9. The molecule has 0 unspecified atom stereocenters. The predicted molar refractivity (Wildman–Crippen MR) is 132 cm³/mol. The standard InChI is InChI=1S/C24H25N3O7S2/c1-25-35(30,31)21-8-4-7-20(16-21)24(29)34-17-23(28)26-11-13-27(14-12-26)36(32,33)22-10-9-18-5-2-3-6-19(18)15-22/h2-10,15-16,25H,11-14,17H2,1H3. The molecule has 0 aliphatic carbocycles. The molecular weight excluding hydrogens is 506 g/mol. The lowest BCUT2D eigenvalue weighted by Gasteiger charge is -2.33. The minimum Gasteiger partial charge on any atom is -0.452 e. The number of hydrogen-bond acceptors (Lipinski definition) is 7. The molecule has 0 spiro atoms. The van der Waals surface area contributed by atoms with Crippen molar-refractivity contribution in [2.45, 2.75) is 9.79 Å². The Morgan fingerprint density at radius 2 is 1.53 bits per heavy atom. The van der Waals surface area contributed by atoms with Crippen LogP contribution in [-0.2, 0) is 29.6 Å². The van der Waals surface area contributed by atoms with Crippen molar-refractivity contribution in [3.8, 4) is 0 Å². The van der Waals surface area contributed by atoms with Crippen LogP contribution < -0.4 is 4.72 Å². The molecule has 3 aromatic rings. The molecule has 1 N–H and O–H groups in total. The van der Waals surface area contributed by atoms with Crippen LogP contribution in [0.25, 0.3) is 10.8 Å². The summed E-state index contributed by atoms with van der Waals surface area (Å²) in [6.07, 6.45) is 0. The zero-order valence-corrected chi connectivity index (χ0v) is 21.1. The number of esters is 1. The van der Waals surface area contributed by atoms with E-state index in [4.69, 9.17) is 4.74 Å². The summed E-state index contributed by atoms with van der Waals surface area (Å²) in [4.78, 5) is 26.4. The quantitative estimate of drug-likeness (QED) is 0.457. The molecule has 0 atom stereocenters. The Kier molecular flexibility index (Phi) is 7.41. The molecule has 0 aromatic heterocycles. The molecule has 0 saturated carbocycles. The van der Waals surface area contributed by atoms with E-state index in [1.165, 1.54) is 34.5 Å². The third-order valence-corrected chi connectivity index (χ3v) is 9.23. The van der Waals surface area contributed by atoms with Gasteiger partial charge in [-0.05, 0) is 48.2 Å². The normalized spacial score (nSPS) is 15.1. The number of rotatable bonds is 7. The molecule has 0 bridgehead atoms. The van der Waals surface area contributed by atoms with Gasteiger partial charge in [0, 0.05) is 26.2 Å². The number of piperazine rings is 1. The van der Waals surface area contributed by atoms with Gasteiger partial charge in [-0.2, -0.15) is 4.31 Å². The van der Waals surface area contributed by atoms with Crippen molar-refractivity contribution >= 4 is 42.7 Å². The summed E-state index contributed by atoms with van der Waals surface area (Å²) in [6.45, 7) is -0.0189. The summed E-state index contributed by atoms with van der Waals surface area (Å²) in [5.74, 6) is -1.31. The van der Waals surface area contributed by atoms with Crippen molar-refractivity contribution in [1.29, 1.82) is 0 Å². The highest BCUT2D eigenvalue weighted by atomic mass is 32.2. The van der Waals surface area contributed by atoms with Gasteiger partial charge in [0.25, 0.3) is 5.91 Å². The number of carbonyl (C=O) groups excluding carboxylic acids is 2. The van der Waals surface area contributed by atoms with Gasteiger partial charge in [0.15, 0.2) is 6.61 Å². The molecule has 1 amide bonds. The van der Waals surface area contributed by atoms with Gasteiger partial charge in [0.05, 0.1) is 15.4 Å². The fraction of sp³-hybridized carbons (Fsp3) is 0.250. The van der Waals surface area contributed by atoms with Crippen LogP contribution in [0.2, 0.25) is 0 Å². The second kappa shape index (κ2) is 10.3. The van der Waals surface area contributed by atoms with Crippen LogP contribution in [-0.4, -0.2) is 77.8 Å². The van der Waals surface area contributed by atoms with Crippen LogP contribution in [0.5, 0.6) is 0 Å². The van der Waals surface area contributed by atoms with Crippen LogP contribution in [0.1, 0.15) is 10.4 Å². The smallest absolute Gasteiger partial charge is 0.338 e. The lowest BCUT2D eigenvalue weighted by atomic mass is 10.1. The maximum atomic E-state index is 13.1. The van der Waals surface area contributed by atoms with Crippen molar-refractivity contribution in [3.63, 3.8) is 0 Å². The number of ether oxygens (including phenoxy) is 1. The summed E-state index contributed by atoms with van der Waals surface area (Å²) in [5, 5.41) is 1.76. The maximum absolute atomic E-state index is 13.1. The molecule has 3 aromatic carbocycles. The fourth-order valence-corrected chi connectivity index (χ4v) is 6.10. The van der Waals surface area contributed by atoms with Gasteiger partial charge in [-0.15, -0.1) is 0 Å². The van der Waals surface area contributed by atoms with Gasteiger partial charge in [-0.3, -0.25) is 4.79 Å². The zero-order valence-electron chi connectivity index (χ0n) is 19.5. The van der Waals surface area contributed by atoms with Gasteiger partial charge >= 0.3 is 5.97 Å². The summed E-state index contributed by atoms with van der Waals surface area (Å²) in [7, 11) is -6.21. The van der Waals surface area contributed by atoms with Gasteiger partial charge in [0.1, 0.15) is 0 Å². The highest BCUT2D eigenvalue weighted by molar-refractivity contribution is 7.89. The minimum atomic E-state index is -3.74. The topological polar surface area (TPSA) is 130 Å². The number of amides is 1. The molecule has 10 nitrogen and oxygen atoms in total. The number of hydrogen-bond donors (Lipinski definition) is 1. The average molecular weight is 532 g/mol. The number of nitrogens with one attached hydrogen (secondary N) is 1. The number of sulfonamides is 2. The minimum absolute atomic E-state index is 0.00887. The summed E-state index contributed by atoms with van der Waals surface area (Å²) in [5.41, 5.74) is -0.00887. The number of benzene rings is 3. The largest absolute Gasteiger partial charge is 0.452 e. The van der Waals surface area contributed by atoms with E-state index in [0.717, 1.165) is 16.8 Å². The third-order valence-electron chi connectivity index (χ3n) is 5.93. The highest BCUT2D eigenvalue weighted by Gasteiger charge is 2.30. The molecule has 0 radical (unpaired) electrons. The summed E-state index contributed by atoms with van der Waals surface area (Å²) >= 11 is 0. The van der Waals surface area contributed by atoms with Crippen molar-refractivity contribution < 1.29 is 31.2 Å². The van der Waals surface area contributed by atoms with Gasteiger partial charge < -0.3 is 9.64 Å². The van der Waals surface area contributed by atoms with Crippen LogP contribution >= 0.6 is 0 Å². The molecule has 190 valence electrons. The van der Waals surface area contributed by atoms with Gasteiger partial charge in [-0.1, -0.05) is 36.4 Å². The first-order chi connectivity index (χ1) is 17.1. The molecule has 1 aliphatic heterocycles. The van der Waals surface area contributed by atoms with E-state index in [9.17, 15) is 26.4 Å². The molecule has 4 rings (SSSR count). The number of nitrogens with zero attached hydrogens (tertiary/aromatic N) is 2. The maximum Gasteiger partial charge on any atom is 0.338 e. The van der Waals surface area contributed by atoms with Crippen LogP contribution in [0.15, 0.2) is 76.5 Å². The SMILES string of the molecule is CNS(=O)(=O)c1cccc(C(=O)OCC(=O)N2CCN(S(=O)(=O)c3ccc4ccccc4c3)CC2)c1. The molecule has 12 heteroatoms. The summed E-state index contributed by atoms with van der Waals surface area (Å²) in [6, 6.07) is 17.7. The summed E-state index contributed by atoms with van der Waals surface area (Å²) < 4.78 is 58.6. The Hall–Kier alpha value is -3.32. The Labute approximate surface area is 209 Å². The first-order valence-corrected chi connectivity index (χ1v) is 14.0. The monoisotopic (exact) mass is 531 g/mol. The Balaban J connectivity index is 1.34. The molecule has 1 aliphatic rings. The third kappa shape index (κ3) is 5.41. The van der Waals surface area contributed by atoms with Gasteiger partial charge in [-0.25, -0.2) is 26.4 Å². The highest BCUT2D eigenvalue weighted by Crippen LogP contribution is 2.23. The van der Waals surface area contributed by atoms with Crippen molar-refractivity contribution in [3.05, 3.63) is 72.3 Å². The first kappa shape index (κ1) is 25.8. The Bertz CT molecular complexity index is 1510. The van der Waals surface area contributed by atoms with E-state index < -0.39 is 38.5 Å². The van der Waals surface area contributed by atoms with E-state index in [1.54, 1.807) is 18.2 Å². The molecule has 1 heterocycles.